The third kappa shape index (κ3) is 4.09. The van der Waals surface area contributed by atoms with Crippen molar-refractivity contribution >= 4 is 33.8 Å². The van der Waals surface area contributed by atoms with Gasteiger partial charge in [0.05, 0.1) is 29.0 Å². The van der Waals surface area contributed by atoms with Crippen LogP contribution in [0.25, 0.3) is 10.9 Å². The number of pyridine rings is 1. The maximum absolute atomic E-state index is 13.3. The monoisotopic (exact) mass is 464 g/mol. The first-order valence-corrected chi connectivity index (χ1v) is 10.9. The van der Waals surface area contributed by atoms with Crippen LogP contribution in [0.5, 0.6) is 0 Å². The number of nitrogens with zero attached hydrogens (tertiary/aromatic N) is 4. The van der Waals surface area contributed by atoms with Crippen molar-refractivity contribution in [1.29, 1.82) is 0 Å². The Balaban J connectivity index is 1.55. The number of halogens is 3. The number of alkyl halides is 3. The molecule has 1 aliphatic heterocycles. The molecule has 1 aliphatic rings. The number of fused-ring (bicyclic) bond motifs is 2. The molecule has 2 aromatic heterocycles. The van der Waals surface area contributed by atoms with Gasteiger partial charge in [-0.2, -0.15) is 13.2 Å². The van der Waals surface area contributed by atoms with Gasteiger partial charge in [-0.3, -0.25) is 4.98 Å². The van der Waals surface area contributed by atoms with Crippen LogP contribution in [0.15, 0.2) is 54.9 Å². The van der Waals surface area contributed by atoms with E-state index in [1.165, 1.54) is 5.56 Å². The molecule has 0 spiro atoms. The molecule has 3 N–H and O–H groups in total. The normalized spacial score (nSPS) is 14.3. The van der Waals surface area contributed by atoms with E-state index in [-0.39, 0.29) is 5.69 Å². The lowest BCUT2D eigenvalue weighted by molar-refractivity contribution is -0.137. The molecule has 0 saturated carbocycles. The van der Waals surface area contributed by atoms with Crippen molar-refractivity contribution < 1.29 is 13.2 Å². The number of hydrogen-bond donors (Lipinski definition) is 2. The summed E-state index contributed by atoms with van der Waals surface area (Å²) in [6.07, 6.45) is -0.0318. The number of nitrogen functional groups attached to an aromatic ring is 1. The summed E-state index contributed by atoms with van der Waals surface area (Å²) in [4.78, 5) is 15.6. The summed E-state index contributed by atoms with van der Waals surface area (Å²) in [5, 5.41) is 4.09. The van der Waals surface area contributed by atoms with Crippen molar-refractivity contribution in [2.75, 3.05) is 22.5 Å². The van der Waals surface area contributed by atoms with Crippen molar-refractivity contribution in [3.8, 4) is 0 Å². The number of aromatic nitrogens is 3. The van der Waals surface area contributed by atoms with E-state index in [4.69, 9.17) is 5.73 Å². The van der Waals surface area contributed by atoms with Crippen LogP contribution in [0.1, 0.15) is 35.5 Å². The highest BCUT2D eigenvalue weighted by atomic mass is 19.4. The zero-order valence-electron chi connectivity index (χ0n) is 18.7. The van der Waals surface area contributed by atoms with E-state index < -0.39 is 17.8 Å². The Bertz CT molecular complexity index is 1370. The fourth-order valence-corrected chi connectivity index (χ4v) is 4.40. The molecule has 4 aromatic rings. The fraction of sp³-hybridized carbons (Fsp3) is 0.240. The molecule has 3 heterocycles. The van der Waals surface area contributed by atoms with E-state index in [0.717, 1.165) is 47.4 Å². The summed E-state index contributed by atoms with van der Waals surface area (Å²) < 4.78 is 39.9. The van der Waals surface area contributed by atoms with Gasteiger partial charge in [-0.1, -0.05) is 0 Å². The van der Waals surface area contributed by atoms with Crippen molar-refractivity contribution in [3.05, 3.63) is 77.4 Å². The Morgan fingerprint density at radius 2 is 1.94 bits per heavy atom. The molecular formula is C25H23F3N6. The fourth-order valence-electron chi connectivity index (χ4n) is 4.40. The number of rotatable bonds is 4. The quantitative estimate of drug-likeness (QED) is 0.372. The van der Waals surface area contributed by atoms with Crippen molar-refractivity contribution in [2.24, 2.45) is 0 Å². The number of nitrogens with two attached hydrogens (primary N) is 1. The van der Waals surface area contributed by atoms with E-state index in [0.29, 0.717) is 17.2 Å². The summed E-state index contributed by atoms with van der Waals surface area (Å²) in [7, 11) is 0. The van der Waals surface area contributed by atoms with Crippen LogP contribution < -0.4 is 16.0 Å². The van der Waals surface area contributed by atoms with Crippen molar-refractivity contribution in [1.82, 2.24) is 15.0 Å². The van der Waals surface area contributed by atoms with Gasteiger partial charge in [-0.15, -0.1) is 0 Å². The molecule has 0 radical (unpaired) electrons. The Kier molecular flexibility index (Phi) is 5.27. The summed E-state index contributed by atoms with van der Waals surface area (Å²) in [5.41, 5.74) is 9.50. The zero-order valence-corrected chi connectivity index (χ0v) is 18.7. The molecule has 5 rings (SSSR count). The molecule has 9 heteroatoms. The van der Waals surface area contributed by atoms with E-state index in [9.17, 15) is 13.2 Å². The second kappa shape index (κ2) is 8.16. The number of nitrogens with one attached hydrogen (secondary N) is 1. The first-order chi connectivity index (χ1) is 16.2. The standard InChI is InChI=1S/C25H23F3N6/c1-14(17-8-18(25(26,27)28)11-19(29)9-17)31-24-21-12-23-16(10-22(21)32-15(2)33-24)5-7-34(23)20-4-3-6-30-13-20/h3-4,6,8-14H,5,7,29H2,1-2H3,(H,31,32,33). The van der Waals surface area contributed by atoms with Gasteiger partial charge >= 0.3 is 6.18 Å². The SMILES string of the molecule is Cc1nc(NC(C)c2cc(N)cc(C(F)(F)F)c2)c2cc3c(cc2n1)CCN3c1cccnc1. The van der Waals surface area contributed by atoms with Gasteiger partial charge in [-0.25, -0.2) is 9.97 Å². The Morgan fingerprint density at radius 3 is 2.68 bits per heavy atom. The van der Waals surface area contributed by atoms with E-state index in [2.05, 4.69) is 31.2 Å². The summed E-state index contributed by atoms with van der Waals surface area (Å²) in [6, 6.07) is 11.2. The lowest BCUT2D eigenvalue weighted by Crippen LogP contribution is -2.14. The smallest absolute Gasteiger partial charge is 0.399 e. The van der Waals surface area contributed by atoms with Gasteiger partial charge in [0.15, 0.2) is 0 Å². The third-order valence-corrected chi connectivity index (χ3v) is 6.02. The predicted octanol–water partition coefficient (Wildman–Crippen LogP) is 5.80. The first-order valence-electron chi connectivity index (χ1n) is 10.9. The van der Waals surface area contributed by atoms with Crippen LogP contribution in [0.4, 0.5) is 36.1 Å². The minimum atomic E-state index is -4.47. The summed E-state index contributed by atoms with van der Waals surface area (Å²) in [6.45, 7) is 4.41. The number of hydrogen-bond acceptors (Lipinski definition) is 6. The van der Waals surface area contributed by atoms with Gasteiger partial charge in [0.1, 0.15) is 11.6 Å². The topological polar surface area (TPSA) is 80.0 Å². The van der Waals surface area contributed by atoms with Crippen LogP contribution in [-0.2, 0) is 12.6 Å². The Hall–Kier alpha value is -3.88. The maximum Gasteiger partial charge on any atom is 0.416 e. The minimum absolute atomic E-state index is 0.0622. The van der Waals surface area contributed by atoms with Crippen LogP contribution in [-0.4, -0.2) is 21.5 Å². The number of anilines is 4. The Labute approximate surface area is 194 Å². The van der Waals surface area contributed by atoms with E-state index >= 15 is 0 Å². The molecule has 0 bridgehead atoms. The second-order valence-electron chi connectivity index (χ2n) is 8.48. The van der Waals surface area contributed by atoms with Crippen LogP contribution in [0.2, 0.25) is 0 Å². The molecule has 0 fully saturated rings. The maximum atomic E-state index is 13.3. The molecule has 1 atom stereocenters. The van der Waals surface area contributed by atoms with Crippen LogP contribution in [0.3, 0.4) is 0 Å². The second-order valence-corrected chi connectivity index (χ2v) is 8.48. The molecule has 174 valence electrons. The lowest BCUT2D eigenvalue weighted by atomic mass is 10.0. The van der Waals surface area contributed by atoms with Gasteiger partial charge in [-0.05, 0) is 73.9 Å². The van der Waals surface area contributed by atoms with Gasteiger partial charge in [0.2, 0.25) is 0 Å². The van der Waals surface area contributed by atoms with Gasteiger partial charge in [0.25, 0.3) is 0 Å². The number of aryl methyl sites for hydroxylation is 1. The van der Waals surface area contributed by atoms with E-state index in [1.807, 2.05) is 24.4 Å². The average Bonchev–Trinajstić information content (AvgIpc) is 3.20. The predicted molar refractivity (Wildman–Crippen MR) is 127 cm³/mol. The average molecular weight is 464 g/mol. The highest BCUT2D eigenvalue weighted by molar-refractivity contribution is 5.94. The number of benzene rings is 2. The molecule has 34 heavy (non-hydrogen) atoms. The largest absolute Gasteiger partial charge is 0.416 e. The van der Waals surface area contributed by atoms with Crippen LogP contribution >= 0.6 is 0 Å². The van der Waals surface area contributed by atoms with Crippen LogP contribution in [0, 0.1) is 6.92 Å². The highest BCUT2D eigenvalue weighted by Crippen LogP contribution is 2.39. The van der Waals surface area contributed by atoms with Crippen molar-refractivity contribution in [3.63, 3.8) is 0 Å². The first kappa shape index (κ1) is 21.9. The molecule has 0 saturated heterocycles. The molecule has 1 unspecified atom stereocenters. The molecule has 0 aliphatic carbocycles. The summed E-state index contributed by atoms with van der Waals surface area (Å²) in [5.74, 6) is 1.14. The molecule has 2 aromatic carbocycles. The zero-order chi connectivity index (χ0) is 24.0. The summed E-state index contributed by atoms with van der Waals surface area (Å²) >= 11 is 0. The lowest BCUT2D eigenvalue weighted by Gasteiger charge is -2.21. The van der Waals surface area contributed by atoms with Crippen molar-refractivity contribution in [2.45, 2.75) is 32.5 Å². The highest BCUT2D eigenvalue weighted by Gasteiger charge is 2.31. The minimum Gasteiger partial charge on any atom is -0.399 e. The van der Waals surface area contributed by atoms with E-state index in [1.54, 1.807) is 26.1 Å². The third-order valence-electron chi connectivity index (χ3n) is 6.02. The van der Waals surface area contributed by atoms with Gasteiger partial charge < -0.3 is 16.0 Å². The molecule has 0 amide bonds. The van der Waals surface area contributed by atoms with Gasteiger partial charge in [0, 0.05) is 29.5 Å². The Morgan fingerprint density at radius 1 is 1.12 bits per heavy atom. The molecule has 6 nitrogen and oxygen atoms in total. The molecular weight excluding hydrogens is 441 g/mol.